The number of aryl methyl sites for hydroxylation is 2. The number of rotatable bonds is 7. The molecular formula is C21H33IN4OS. The normalized spacial score (nSPS) is 11.9. The van der Waals surface area contributed by atoms with E-state index in [0.717, 1.165) is 31.2 Å². The summed E-state index contributed by atoms with van der Waals surface area (Å²) in [4.78, 5) is 10.2. The van der Waals surface area contributed by atoms with Crippen LogP contribution in [0, 0.1) is 13.8 Å². The summed E-state index contributed by atoms with van der Waals surface area (Å²) in [5.41, 5.74) is 3.39. The molecule has 0 amide bonds. The second-order valence-electron chi connectivity index (χ2n) is 7.57. The van der Waals surface area contributed by atoms with Crippen LogP contribution in [0.25, 0.3) is 0 Å². The molecule has 2 aromatic rings. The maximum absolute atomic E-state index is 5.86. The number of hydrogen-bond acceptors (Lipinski definition) is 4. The lowest BCUT2D eigenvalue weighted by Gasteiger charge is -2.19. The van der Waals surface area contributed by atoms with Crippen molar-refractivity contribution in [2.75, 3.05) is 13.6 Å². The summed E-state index contributed by atoms with van der Waals surface area (Å²) in [6.07, 6.45) is 0.902. The number of aliphatic imine (C=N–C) groups is 1. The molecule has 0 aliphatic rings. The minimum Gasteiger partial charge on any atom is -0.371 e. The molecule has 2 rings (SSSR count). The summed E-state index contributed by atoms with van der Waals surface area (Å²) < 4.78 is 5.86. The Balaban J connectivity index is 0.00000392. The minimum absolute atomic E-state index is 0. The molecule has 2 N–H and O–H groups in total. The fourth-order valence-corrected chi connectivity index (χ4v) is 3.40. The van der Waals surface area contributed by atoms with Gasteiger partial charge in [-0.3, -0.25) is 4.99 Å². The van der Waals surface area contributed by atoms with Crippen molar-refractivity contribution in [1.82, 2.24) is 15.6 Å². The van der Waals surface area contributed by atoms with E-state index in [1.165, 1.54) is 21.0 Å². The molecule has 0 saturated carbocycles. The van der Waals surface area contributed by atoms with E-state index in [-0.39, 0.29) is 29.6 Å². The molecule has 1 aromatic heterocycles. The fourth-order valence-electron chi connectivity index (χ4n) is 2.47. The number of nitrogens with zero attached hydrogens (tertiary/aromatic N) is 2. The van der Waals surface area contributed by atoms with Crippen LogP contribution in [0.2, 0.25) is 0 Å². The van der Waals surface area contributed by atoms with Gasteiger partial charge in [0.15, 0.2) is 5.96 Å². The number of ether oxygens (including phenoxy) is 1. The van der Waals surface area contributed by atoms with Crippen LogP contribution in [0.4, 0.5) is 0 Å². The van der Waals surface area contributed by atoms with Crippen LogP contribution >= 0.6 is 35.3 Å². The van der Waals surface area contributed by atoms with Crippen LogP contribution in [-0.2, 0) is 24.3 Å². The zero-order valence-corrected chi connectivity index (χ0v) is 20.9. The van der Waals surface area contributed by atoms with E-state index in [1.54, 1.807) is 18.4 Å². The Morgan fingerprint density at radius 2 is 1.89 bits per heavy atom. The first-order valence-corrected chi connectivity index (χ1v) is 10.2. The van der Waals surface area contributed by atoms with E-state index in [1.807, 2.05) is 0 Å². The molecule has 7 heteroatoms. The summed E-state index contributed by atoms with van der Waals surface area (Å²) in [5.74, 6) is 0.802. The summed E-state index contributed by atoms with van der Waals surface area (Å²) in [6, 6.07) is 8.46. The average molecular weight is 516 g/mol. The van der Waals surface area contributed by atoms with E-state index in [9.17, 15) is 0 Å². The third-order valence-corrected chi connectivity index (χ3v) is 5.18. The standard InChI is InChI=1S/C21H32N4OS.HI/c1-15-16(2)27-19(25-15)10-11-23-20(22-6)24-13-17-8-7-9-18(12-17)14-26-21(3,4)5;/h7-9,12H,10-11,13-14H2,1-6H3,(H2,22,23,24);1H. The summed E-state index contributed by atoms with van der Waals surface area (Å²) >= 11 is 1.77. The first kappa shape index (κ1) is 24.8. The van der Waals surface area contributed by atoms with Gasteiger partial charge in [-0.15, -0.1) is 35.3 Å². The lowest BCUT2D eigenvalue weighted by molar-refractivity contribution is -0.0149. The predicted molar refractivity (Wildman–Crippen MR) is 130 cm³/mol. The Morgan fingerprint density at radius 1 is 1.18 bits per heavy atom. The van der Waals surface area contributed by atoms with Gasteiger partial charge in [-0.2, -0.15) is 0 Å². The van der Waals surface area contributed by atoms with Crippen molar-refractivity contribution in [1.29, 1.82) is 0 Å². The summed E-state index contributed by atoms with van der Waals surface area (Å²) in [6.45, 7) is 12.5. The molecular weight excluding hydrogens is 483 g/mol. The topological polar surface area (TPSA) is 58.5 Å². The van der Waals surface area contributed by atoms with Crippen LogP contribution in [0.3, 0.4) is 0 Å². The molecule has 0 aliphatic heterocycles. The zero-order valence-electron chi connectivity index (χ0n) is 17.8. The van der Waals surface area contributed by atoms with Gasteiger partial charge in [-0.05, 0) is 45.7 Å². The monoisotopic (exact) mass is 516 g/mol. The number of thiazole rings is 1. The second kappa shape index (κ2) is 11.7. The lowest BCUT2D eigenvalue weighted by atomic mass is 10.1. The van der Waals surface area contributed by atoms with E-state index in [2.05, 4.69) is 79.5 Å². The van der Waals surface area contributed by atoms with Gasteiger partial charge >= 0.3 is 0 Å². The molecule has 0 saturated heterocycles. The van der Waals surface area contributed by atoms with E-state index >= 15 is 0 Å². The van der Waals surface area contributed by atoms with Crippen molar-refractivity contribution in [3.8, 4) is 0 Å². The fraction of sp³-hybridized carbons (Fsp3) is 0.524. The molecule has 1 aromatic carbocycles. The summed E-state index contributed by atoms with van der Waals surface area (Å²) in [5, 5.41) is 7.89. The number of aromatic nitrogens is 1. The SMILES string of the molecule is CN=C(NCCc1nc(C)c(C)s1)NCc1cccc(COC(C)(C)C)c1.I. The first-order chi connectivity index (χ1) is 12.8. The molecule has 0 atom stereocenters. The second-order valence-corrected chi connectivity index (χ2v) is 8.86. The molecule has 0 fully saturated rings. The van der Waals surface area contributed by atoms with Gasteiger partial charge in [0.2, 0.25) is 0 Å². The molecule has 0 bridgehead atoms. The average Bonchev–Trinajstić information content (AvgIpc) is 2.93. The minimum atomic E-state index is -0.130. The first-order valence-electron chi connectivity index (χ1n) is 9.36. The zero-order chi connectivity index (χ0) is 19.9. The number of guanidine groups is 1. The highest BCUT2D eigenvalue weighted by Crippen LogP contribution is 2.16. The van der Waals surface area contributed by atoms with Crippen molar-refractivity contribution in [3.05, 3.63) is 51.0 Å². The van der Waals surface area contributed by atoms with Crippen molar-refractivity contribution >= 4 is 41.3 Å². The van der Waals surface area contributed by atoms with Crippen molar-refractivity contribution in [2.45, 2.75) is 59.8 Å². The molecule has 0 unspecified atom stereocenters. The van der Waals surface area contributed by atoms with Crippen molar-refractivity contribution in [2.24, 2.45) is 4.99 Å². The number of halogens is 1. The molecule has 0 radical (unpaired) electrons. The lowest BCUT2D eigenvalue weighted by Crippen LogP contribution is -2.37. The van der Waals surface area contributed by atoms with Crippen molar-refractivity contribution in [3.63, 3.8) is 0 Å². The van der Waals surface area contributed by atoms with Gasteiger partial charge in [0.25, 0.3) is 0 Å². The van der Waals surface area contributed by atoms with Gasteiger partial charge < -0.3 is 15.4 Å². The van der Waals surface area contributed by atoms with Gasteiger partial charge in [0.1, 0.15) is 0 Å². The maximum atomic E-state index is 5.86. The Hall–Kier alpha value is -1.19. The number of hydrogen-bond donors (Lipinski definition) is 2. The molecule has 156 valence electrons. The highest BCUT2D eigenvalue weighted by atomic mass is 127. The highest BCUT2D eigenvalue weighted by molar-refractivity contribution is 14.0. The van der Waals surface area contributed by atoms with Gasteiger partial charge in [0.05, 0.1) is 22.9 Å². The number of benzene rings is 1. The molecule has 0 spiro atoms. The Bertz CT molecular complexity index is 749. The highest BCUT2D eigenvalue weighted by Gasteiger charge is 2.10. The molecule has 1 heterocycles. The van der Waals surface area contributed by atoms with Crippen LogP contribution in [0.15, 0.2) is 29.3 Å². The third-order valence-electron chi connectivity index (χ3n) is 4.05. The van der Waals surface area contributed by atoms with E-state index in [4.69, 9.17) is 4.74 Å². The van der Waals surface area contributed by atoms with Crippen LogP contribution in [0.5, 0.6) is 0 Å². The van der Waals surface area contributed by atoms with Crippen LogP contribution in [-0.4, -0.2) is 30.1 Å². The van der Waals surface area contributed by atoms with Gasteiger partial charge in [-0.1, -0.05) is 24.3 Å². The quantitative estimate of drug-likeness (QED) is 0.321. The smallest absolute Gasteiger partial charge is 0.191 e. The predicted octanol–water partition coefficient (Wildman–Crippen LogP) is 4.60. The Morgan fingerprint density at radius 3 is 2.50 bits per heavy atom. The van der Waals surface area contributed by atoms with E-state index < -0.39 is 0 Å². The van der Waals surface area contributed by atoms with Gasteiger partial charge in [-0.25, -0.2) is 4.98 Å². The third kappa shape index (κ3) is 8.87. The van der Waals surface area contributed by atoms with Crippen molar-refractivity contribution < 1.29 is 4.74 Å². The summed E-state index contributed by atoms with van der Waals surface area (Å²) in [7, 11) is 1.79. The Kier molecular flexibility index (Phi) is 10.4. The maximum Gasteiger partial charge on any atom is 0.191 e. The molecule has 5 nitrogen and oxygen atoms in total. The van der Waals surface area contributed by atoms with Crippen LogP contribution < -0.4 is 10.6 Å². The Labute approximate surface area is 190 Å². The largest absolute Gasteiger partial charge is 0.371 e. The number of nitrogens with one attached hydrogen (secondary N) is 2. The van der Waals surface area contributed by atoms with Gasteiger partial charge in [0, 0.05) is 31.4 Å². The molecule has 0 aliphatic carbocycles. The van der Waals surface area contributed by atoms with E-state index in [0.29, 0.717) is 6.61 Å². The molecule has 28 heavy (non-hydrogen) atoms. The van der Waals surface area contributed by atoms with Crippen LogP contribution in [0.1, 0.15) is 47.5 Å².